The van der Waals surface area contributed by atoms with E-state index >= 15 is 0 Å². The molecule has 0 aliphatic heterocycles. The van der Waals surface area contributed by atoms with Crippen molar-refractivity contribution >= 4 is 5.57 Å². The predicted octanol–water partition coefficient (Wildman–Crippen LogP) is 3.04. The van der Waals surface area contributed by atoms with E-state index in [0.29, 0.717) is 0 Å². The van der Waals surface area contributed by atoms with Crippen LogP contribution in [-0.4, -0.2) is 7.11 Å². The molecule has 0 amide bonds. The molecular weight excluding hydrogens is 160 g/mol. The standard InChI is InChI=1S/C12H14O/c1-9-5-3-6-10-7-4-8-11(13-2)12(9)10/h4,7-8H,1,3,5-6H2,2H3. The van der Waals surface area contributed by atoms with Gasteiger partial charge in [-0.3, -0.25) is 0 Å². The Hall–Kier alpha value is -1.24. The van der Waals surface area contributed by atoms with Crippen LogP contribution in [0.2, 0.25) is 0 Å². The van der Waals surface area contributed by atoms with E-state index in [0.717, 1.165) is 18.6 Å². The van der Waals surface area contributed by atoms with Gasteiger partial charge in [0.15, 0.2) is 0 Å². The number of benzene rings is 1. The van der Waals surface area contributed by atoms with Gasteiger partial charge in [0.05, 0.1) is 7.11 Å². The highest BCUT2D eigenvalue weighted by molar-refractivity contribution is 5.73. The molecule has 1 heteroatoms. The molecule has 13 heavy (non-hydrogen) atoms. The summed E-state index contributed by atoms with van der Waals surface area (Å²) in [4.78, 5) is 0. The van der Waals surface area contributed by atoms with Crippen LogP contribution in [0.3, 0.4) is 0 Å². The summed E-state index contributed by atoms with van der Waals surface area (Å²) >= 11 is 0. The summed E-state index contributed by atoms with van der Waals surface area (Å²) in [7, 11) is 1.72. The third kappa shape index (κ3) is 1.35. The minimum atomic E-state index is 0.974. The van der Waals surface area contributed by atoms with Crippen LogP contribution in [0.25, 0.3) is 5.57 Å². The normalized spacial score (nSPS) is 15.3. The van der Waals surface area contributed by atoms with E-state index in [-0.39, 0.29) is 0 Å². The quantitative estimate of drug-likeness (QED) is 0.635. The number of allylic oxidation sites excluding steroid dienone is 1. The van der Waals surface area contributed by atoms with E-state index in [2.05, 4.69) is 18.7 Å². The van der Waals surface area contributed by atoms with Crippen LogP contribution < -0.4 is 4.74 Å². The largest absolute Gasteiger partial charge is 0.496 e. The van der Waals surface area contributed by atoms with Crippen LogP contribution in [0.4, 0.5) is 0 Å². The minimum Gasteiger partial charge on any atom is -0.496 e. The lowest BCUT2D eigenvalue weighted by atomic mass is 9.88. The van der Waals surface area contributed by atoms with Crippen LogP contribution in [-0.2, 0) is 6.42 Å². The van der Waals surface area contributed by atoms with Crippen LogP contribution in [0.5, 0.6) is 5.75 Å². The molecule has 1 aliphatic carbocycles. The number of rotatable bonds is 1. The molecule has 0 unspecified atom stereocenters. The van der Waals surface area contributed by atoms with Crippen LogP contribution >= 0.6 is 0 Å². The molecule has 1 nitrogen and oxygen atoms in total. The molecule has 1 aliphatic rings. The Morgan fingerprint density at radius 2 is 2.15 bits per heavy atom. The first-order valence-electron chi connectivity index (χ1n) is 4.67. The Balaban J connectivity index is 2.56. The lowest BCUT2D eigenvalue weighted by molar-refractivity contribution is 0.412. The highest BCUT2D eigenvalue weighted by atomic mass is 16.5. The van der Waals surface area contributed by atoms with Crippen LogP contribution in [0.1, 0.15) is 24.0 Å². The SMILES string of the molecule is C=C1CCCc2cccc(OC)c21. The molecule has 0 saturated carbocycles. The van der Waals surface area contributed by atoms with Crippen molar-refractivity contribution in [2.45, 2.75) is 19.3 Å². The van der Waals surface area contributed by atoms with E-state index in [9.17, 15) is 0 Å². The molecule has 1 aromatic rings. The van der Waals surface area contributed by atoms with E-state index in [1.165, 1.54) is 23.1 Å². The summed E-state index contributed by atoms with van der Waals surface area (Å²) in [6.45, 7) is 4.08. The molecule has 2 rings (SSSR count). The first-order valence-corrected chi connectivity index (χ1v) is 4.67. The van der Waals surface area contributed by atoms with Gasteiger partial charge in [0.2, 0.25) is 0 Å². The number of methoxy groups -OCH3 is 1. The second-order valence-corrected chi connectivity index (χ2v) is 3.45. The van der Waals surface area contributed by atoms with Gasteiger partial charge in [0.1, 0.15) is 5.75 Å². The van der Waals surface area contributed by atoms with Crippen molar-refractivity contribution in [1.82, 2.24) is 0 Å². The Bertz CT molecular complexity index is 325. The lowest BCUT2D eigenvalue weighted by Crippen LogP contribution is -2.03. The first-order chi connectivity index (χ1) is 6.33. The zero-order valence-electron chi connectivity index (χ0n) is 7.97. The van der Waals surface area contributed by atoms with E-state index in [4.69, 9.17) is 4.74 Å². The number of fused-ring (bicyclic) bond motifs is 1. The average molecular weight is 174 g/mol. The summed E-state index contributed by atoms with van der Waals surface area (Å²) in [5, 5.41) is 0. The maximum absolute atomic E-state index is 5.32. The molecule has 0 heterocycles. The van der Waals surface area contributed by atoms with Crippen LogP contribution in [0.15, 0.2) is 24.8 Å². The van der Waals surface area contributed by atoms with E-state index in [1.54, 1.807) is 7.11 Å². The number of hydrogen-bond acceptors (Lipinski definition) is 1. The molecule has 1 aromatic carbocycles. The van der Waals surface area contributed by atoms with Gasteiger partial charge in [-0.05, 0) is 36.5 Å². The average Bonchev–Trinajstić information content (AvgIpc) is 2.17. The fourth-order valence-corrected chi connectivity index (χ4v) is 1.97. The maximum atomic E-state index is 5.32. The van der Waals surface area contributed by atoms with Crippen molar-refractivity contribution in [3.8, 4) is 5.75 Å². The zero-order valence-corrected chi connectivity index (χ0v) is 7.97. The zero-order chi connectivity index (χ0) is 9.26. The minimum absolute atomic E-state index is 0.974. The molecule has 0 fully saturated rings. The molecule has 0 atom stereocenters. The van der Waals surface area contributed by atoms with Gasteiger partial charge in [-0.25, -0.2) is 0 Å². The molecule has 0 spiro atoms. The number of hydrogen-bond donors (Lipinski definition) is 0. The summed E-state index contributed by atoms with van der Waals surface area (Å²) in [5.41, 5.74) is 3.85. The van der Waals surface area contributed by atoms with Crippen molar-refractivity contribution in [3.63, 3.8) is 0 Å². The van der Waals surface area contributed by atoms with Crippen LogP contribution in [0, 0.1) is 0 Å². The van der Waals surface area contributed by atoms with Gasteiger partial charge in [-0.2, -0.15) is 0 Å². The highest BCUT2D eigenvalue weighted by Gasteiger charge is 2.15. The highest BCUT2D eigenvalue weighted by Crippen LogP contribution is 2.35. The van der Waals surface area contributed by atoms with Crippen molar-refractivity contribution in [2.75, 3.05) is 7.11 Å². The molecule has 68 valence electrons. The van der Waals surface area contributed by atoms with Crippen molar-refractivity contribution in [2.24, 2.45) is 0 Å². The summed E-state index contributed by atoms with van der Waals surface area (Å²) in [5.74, 6) is 0.974. The smallest absolute Gasteiger partial charge is 0.126 e. The maximum Gasteiger partial charge on any atom is 0.126 e. The fourth-order valence-electron chi connectivity index (χ4n) is 1.97. The second-order valence-electron chi connectivity index (χ2n) is 3.45. The van der Waals surface area contributed by atoms with Gasteiger partial charge in [0.25, 0.3) is 0 Å². The Morgan fingerprint density at radius 3 is 2.92 bits per heavy atom. The van der Waals surface area contributed by atoms with E-state index in [1.807, 2.05) is 6.07 Å². The monoisotopic (exact) mass is 174 g/mol. The van der Waals surface area contributed by atoms with Gasteiger partial charge in [0, 0.05) is 5.56 Å². The van der Waals surface area contributed by atoms with Gasteiger partial charge < -0.3 is 4.74 Å². The number of ether oxygens (including phenoxy) is 1. The van der Waals surface area contributed by atoms with E-state index < -0.39 is 0 Å². The first kappa shape index (κ1) is 8.36. The molecule has 0 saturated heterocycles. The Morgan fingerprint density at radius 1 is 1.31 bits per heavy atom. The fraction of sp³-hybridized carbons (Fsp3) is 0.333. The third-order valence-electron chi connectivity index (χ3n) is 2.61. The van der Waals surface area contributed by atoms with Gasteiger partial charge in [-0.1, -0.05) is 18.7 Å². The van der Waals surface area contributed by atoms with Gasteiger partial charge >= 0.3 is 0 Å². The molecule has 0 radical (unpaired) electrons. The second kappa shape index (κ2) is 3.25. The summed E-state index contributed by atoms with van der Waals surface area (Å²) < 4.78 is 5.32. The number of aryl methyl sites for hydroxylation is 1. The Kier molecular flexibility index (Phi) is 2.09. The summed E-state index contributed by atoms with van der Waals surface area (Å²) in [6.07, 6.45) is 3.48. The predicted molar refractivity (Wildman–Crippen MR) is 55.0 cm³/mol. The molecular formula is C12H14O. The van der Waals surface area contributed by atoms with Gasteiger partial charge in [-0.15, -0.1) is 0 Å². The third-order valence-corrected chi connectivity index (χ3v) is 2.61. The van der Waals surface area contributed by atoms with Crippen molar-refractivity contribution < 1.29 is 4.74 Å². The van der Waals surface area contributed by atoms with Crippen molar-refractivity contribution in [3.05, 3.63) is 35.9 Å². The molecule has 0 N–H and O–H groups in total. The topological polar surface area (TPSA) is 9.23 Å². The molecule has 0 bridgehead atoms. The summed E-state index contributed by atoms with van der Waals surface area (Å²) in [6, 6.07) is 6.23. The molecule has 0 aromatic heterocycles. The van der Waals surface area contributed by atoms with Crippen molar-refractivity contribution in [1.29, 1.82) is 0 Å². The lowest BCUT2D eigenvalue weighted by Gasteiger charge is -2.20. The Labute approximate surface area is 79.0 Å².